The van der Waals surface area contributed by atoms with Crippen molar-refractivity contribution >= 4 is 35.2 Å². The first-order valence-corrected chi connectivity index (χ1v) is 8.78. The lowest BCUT2D eigenvalue weighted by Crippen LogP contribution is -2.37. The van der Waals surface area contributed by atoms with Gasteiger partial charge in [-0.1, -0.05) is 11.6 Å². The maximum atomic E-state index is 12.4. The SMILES string of the molecule is COC1CC(CC(=O)O)N(C(=O)CCSc2ccc(Cl)cc2)C1. The summed E-state index contributed by atoms with van der Waals surface area (Å²) in [6, 6.07) is 7.20. The van der Waals surface area contributed by atoms with E-state index in [1.807, 2.05) is 24.3 Å². The zero-order valence-corrected chi connectivity index (χ0v) is 14.5. The highest BCUT2D eigenvalue weighted by Crippen LogP contribution is 2.25. The lowest BCUT2D eigenvalue weighted by molar-refractivity contribution is -0.139. The molecule has 1 aromatic carbocycles. The molecule has 0 spiro atoms. The van der Waals surface area contributed by atoms with E-state index in [4.69, 9.17) is 21.4 Å². The Morgan fingerprint density at radius 1 is 1.39 bits per heavy atom. The van der Waals surface area contributed by atoms with Crippen molar-refractivity contribution in [3.8, 4) is 0 Å². The number of thioether (sulfide) groups is 1. The van der Waals surface area contributed by atoms with Gasteiger partial charge in [-0.2, -0.15) is 0 Å². The molecule has 1 saturated heterocycles. The van der Waals surface area contributed by atoms with Crippen LogP contribution in [0, 0.1) is 0 Å². The van der Waals surface area contributed by atoms with Crippen LogP contribution >= 0.6 is 23.4 Å². The average Bonchev–Trinajstić information content (AvgIpc) is 2.91. The van der Waals surface area contributed by atoms with E-state index < -0.39 is 5.97 Å². The molecule has 1 heterocycles. The van der Waals surface area contributed by atoms with Crippen molar-refractivity contribution < 1.29 is 19.4 Å². The highest BCUT2D eigenvalue weighted by molar-refractivity contribution is 7.99. The maximum Gasteiger partial charge on any atom is 0.305 e. The van der Waals surface area contributed by atoms with Crippen LogP contribution in [0.3, 0.4) is 0 Å². The smallest absolute Gasteiger partial charge is 0.305 e. The molecule has 126 valence electrons. The molecule has 0 aromatic heterocycles. The van der Waals surface area contributed by atoms with Crippen LogP contribution in [-0.2, 0) is 14.3 Å². The van der Waals surface area contributed by atoms with Crippen LogP contribution in [0.2, 0.25) is 5.02 Å². The summed E-state index contributed by atoms with van der Waals surface area (Å²) < 4.78 is 5.28. The van der Waals surface area contributed by atoms with E-state index in [1.165, 1.54) is 0 Å². The van der Waals surface area contributed by atoms with Gasteiger partial charge in [0.2, 0.25) is 5.91 Å². The summed E-state index contributed by atoms with van der Waals surface area (Å²) in [7, 11) is 1.59. The first kappa shape index (κ1) is 18.1. The second-order valence-electron chi connectivity index (χ2n) is 5.44. The zero-order valence-electron chi connectivity index (χ0n) is 12.9. The Morgan fingerprint density at radius 2 is 2.09 bits per heavy atom. The number of carbonyl (C=O) groups is 2. The molecule has 0 radical (unpaired) electrons. The topological polar surface area (TPSA) is 66.8 Å². The molecule has 2 rings (SSSR count). The standard InChI is InChI=1S/C16H20ClNO4S/c1-22-13-8-12(9-16(20)21)18(10-13)15(19)6-7-23-14-4-2-11(17)3-5-14/h2-5,12-13H,6-10H2,1H3,(H,20,21). The number of hydrogen-bond acceptors (Lipinski definition) is 4. The normalized spacial score (nSPS) is 20.7. The third kappa shape index (κ3) is 5.41. The first-order valence-electron chi connectivity index (χ1n) is 7.42. The minimum Gasteiger partial charge on any atom is -0.481 e. The number of amides is 1. The van der Waals surface area contributed by atoms with Crippen molar-refractivity contribution in [2.45, 2.75) is 36.3 Å². The number of hydrogen-bond donors (Lipinski definition) is 1. The molecule has 1 N–H and O–H groups in total. The molecule has 1 aliphatic rings. The number of halogens is 1. The molecule has 7 heteroatoms. The number of benzene rings is 1. The molecule has 23 heavy (non-hydrogen) atoms. The van der Waals surface area contributed by atoms with Gasteiger partial charge < -0.3 is 14.7 Å². The Hall–Kier alpha value is -1.24. The van der Waals surface area contributed by atoms with Gasteiger partial charge in [0.05, 0.1) is 12.5 Å². The predicted octanol–water partition coefficient (Wildman–Crippen LogP) is 2.91. The first-order chi connectivity index (χ1) is 11.0. The summed E-state index contributed by atoms with van der Waals surface area (Å²) in [5.41, 5.74) is 0. The van der Waals surface area contributed by atoms with Gasteiger partial charge in [-0.25, -0.2) is 0 Å². The molecule has 0 aliphatic carbocycles. The Balaban J connectivity index is 1.85. The van der Waals surface area contributed by atoms with Gasteiger partial charge in [-0.15, -0.1) is 11.8 Å². The Kier molecular flexibility index (Phi) is 6.74. The van der Waals surface area contributed by atoms with Crippen molar-refractivity contribution in [2.24, 2.45) is 0 Å². The van der Waals surface area contributed by atoms with E-state index in [0.29, 0.717) is 30.2 Å². The maximum absolute atomic E-state index is 12.4. The summed E-state index contributed by atoms with van der Waals surface area (Å²) in [6.45, 7) is 0.471. The summed E-state index contributed by atoms with van der Waals surface area (Å²) >= 11 is 7.42. The minimum atomic E-state index is -0.889. The van der Waals surface area contributed by atoms with E-state index >= 15 is 0 Å². The fourth-order valence-electron chi connectivity index (χ4n) is 2.68. The van der Waals surface area contributed by atoms with Crippen molar-refractivity contribution in [1.82, 2.24) is 4.90 Å². The third-order valence-corrected chi connectivity index (χ3v) is 5.10. The number of likely N-dealkylation sites (tertiary alicyclic amines) is 1. The van der Waals surface area contributed by atoms with Gasteiger partial charge in [-0.05, 0) is 30.7 Å². The number of carboxylic acid groups (broad SMARTS) is 1. The van der Waals surface area contributed by atoms with Crippen LogP contribution in [0.4, 0.5) is 0 Å². The largest absolute Gasteiger partial charge is 0.481 e. The van der Waals surface area contributed by atoms with Crippen LogP contribution < -0.4 is 0 Å². The highest BCUT2D eigenvalue weighted by atomic mass is 35.5. The van der Waals surface area contributed by atoms with Crippen molar-refractivity contribution in [3.05, 3.63) is 29.3 Å². The van der Waals surface area contributed by atoms with E-state index in [9.17, 15) is 9.59 Å². The molecule has 0 bridgehead atoms. The lowest BCUT2D eigenvalue weighted by Gasteiger charge is -2.23. The molecule has 2 unspecified atom stereocenters. The Bertz CT molecular complexity index is 552. The molecule has 1 amide bonds. The van der Waals surface area contributed by atoms with Crippen LogP contribution in [0.25, 0.3) is 0 Å². The highest BCUT2D eigenvalue weighted by Gasteiger charge is 2.36. The number of aliphatic carboxylic acids is 1. The molecular formula is C16H20ClNO4S. The Morgan fingerprint density at radius 3 is 2.70 bits per heavy atom. The second-order valence-corrected chi connectivity index (χ2v) is 7.05. The number of carboxylic acids is 1. The fourth-order valence-corrected chi connectivity index (χ4v) is 3.64. The fraction of sp³-hybridized carbons (Fsp3) is 0.500. The van der Waals surface area contributed by atoms with Crippen LogP contribution in [0.15, 0.2) is 29.2 Å². The van der Waals surface area contributed by atoms with Crippen molar-refractivity contribution in [1.29, 1.82) is 0 Å². The molecule has 1 fully saturated rings. The van der Waals surface area contributed by atoms with Crippen LogP contribution in [0.1, 0.15) is 19.3 Å². The van der Waals surface area contributed by atoms with Gasteiger partial charge in [-0.3, -0.25) is 9.59 Å². The zero-order chi connectivity index (χ0) is 16.8. The molecule has 1 aromatic rings. The number of nitrogens with zero attached hydrogens (tertiary/aromatic N) is 1. The van der Waals surface area contributed by atoms with Gasteiger partial charge in [0, 0.05) is 41.8 Å². The third-order valence-electron chi connectivity index (χ3n) is 3.84. The van der Waals surface area contributed by atoms with Gasteiger partial charge in [0.15, 0.2) is 0 Å². The van der Waals surface area contributed by atoms with Crippen LogP contribution in [-0.4, -0.2) is 53.4 Å². The second kappa shape index (κ2) is 8.57. The number of rotatable bonds is 7. The van der Waals surface area contributed by atoms with E-state index in [-0.39, 0.29) is 24.5 Å². The number of ether oxygens (including phenoxy) is 1. The average molecular weight is 358 g/mol. The van der Waals surface area contributed by atoms with Gasteiger partial charge in [0.1, 0.15) is 0 Å². The summed E-state index contributed by atoms with van der Waals surface area (Å²) in [4.78, 5) is 26.1. The van der Waals surface area contributed by atoms with Crippen LogP contribution in [0.5, 0.6) is 0 Å². The predicted molar refractivity (Wildman–Crippen MR) is 90.0 cm³/mol. The Labute approximate surface area is 144 Å². The van der Waals surface area contributed by atoms with E-state index in [0.717, 1.165) is 4.90 Å². The quantitative estimate of drug-likeness (QED) is 0.760. The summed E-state index contributed by atoms with van der Waals surface area (Å²) in [5.74, 6) is -0.258. The van der Waals surface area contributed by atoms with Crippen molar-refractivity contribution in [2.75, 3.05) is 19.4 Å². The van der Waals surface area contributed by atoms with E-state index in [1.54, 1.807) is 23.8 Å². The number of carbonyl (C=O) groups excluding carboxylic acids is 1. The summed E-state index contributed by atoms with van der Waals surface area (Å²) in [5, 5.41) is 9.67. The minimum absolute atomic E-state index is 0.0164. The van der Waals surface area contributed by atoms with Gasteiger partial charge in [0.25, 0.3) is 0 Å². The monoisotopic (exact) mass is 357 g/mol. The number of methoxy groups -OCH3 is 1. The van der Waals surface area contributed by atoms with Crippen molar-refractivity contribution in [3.63, 3.8) is 0 Å². The molecule has 5 nitrogen and oxygen atoms in total. The summed E-state index contributed by atoms with van der Waals surface area (Å²) in [6.07, 6.45) is 0.849. The molecular weight excluding hydrogens is 338 g/mol. The van der Waals surface area contributed by atoms with E-state index in [2.05, 4.69) is 0 Å². The molecule has 0 saturated carbocycles. The molecule has 2 atom stereocenters. The van der Waals surface area contributed by atoms with Gasteiger partial charge >= 0.3 is 5.97 Å². The lowest BCUT2D eigenvalue weighted by atomic mass is 10.1. The molecule has 1 aliphatic heterocycles.